The highest BCUT2D eigenvalue weighted by atomic mass is 35.5. The minimum absolute atomic E-state index is 0.114. The molecule has 0 aromatic heterocycles. The highest BCUT2D eigenvalue weighted by Gasteiger charge is 2.14. The standard InChI is InChI=1S/C13H18ClNO2/c1-8(2)11(16)7-15-13(17)10-6-4-5-9(3)12(10)14/h4-6,8,11,16H,7H2,1-3H3,(H,15,17). The third-order valence-electron chi connectivity index (χ3n) is 2.68. The topological polar surface area (TPSA) is 49.3 Å². The van der Waals surface area contributed by atoms with Gasteiger partial charge in [0.15, 0.2) is 0 Å². The van der Waals surface area contributed by atoms with Gasteiger partial charge in [-0.2, -0.15) is 0 Å². The maximum absolute atomic E-state index is 11.8. The monoisotopic (exact) mass is 255 g/mol. The second-order valence-corrected chi connectivity index (χ2v) is 4.84. The molecule has 1 rings (SSSR count). The van der Waals surface area contributed by atoms with Crippen LogP contribution in [-0.2, 0) is 0 Å². The average molecular weight is 256 g/mol. The number of carbonyl (C=O) groups excluding carboxylic acids is 1. The number of aliphatic hydroxyl groups excluding tert-OH is 1. The number of hydrogen-bond acceptors (Lipinski definition) is 2. The van der Waals surface area contributed by atoms with E-state index in [4.69, 9.17) is 11.6 Å². The largest absolute Gasteiger partial charge is 0.391 e. The molecule has 0 fully saturated rings. The number of aryl methyl sites for hydroxylation is 1. The van der Waals surface area contributed by atoms with E-state index in [9.17, 15) is 9.90 Å². The fourth-order valence-electron chi connectivity index (χ4n) is 1.35. The predicted octanol–water partition coefficient (Wildman–Crippen LogP) is 2.40. The van der Waals surface area contributed by atoms with E-state index in [2.05, 4.69) is 5.32 Å². The van der Waals surface area contributed by atoms with E-state index in [1.54, 1.807) is 12.1 Å². The van der Waals surface area contributed by atoms with Crippen molar-refractivity contribution in [1.82, 2.24) is 5.32 Å². The molecule has 1 aromatic rings. The zero-order chi connectivity index (χ0) is 13.0. The van der Waals surface area contributed by atoms with Crippen molar-refractivity contribution < 1.29 is 9.90 Å². The summed E-state index contributed by atoms with van der Waals surface area (Å²) in [6.45, 7) is 5.88. The van der Waals surface area contributed by atoms with Crippen molar-refractivity contribution in [3.05, 3.63) is 34.3 Å². The normalized spacial score (nSPS) is 12.6. The Labute approximate surface area is 107 Å². The van der Waals surface area contributed by atoms with Gasteiger partial charge in [-0.25, -0.2) is 0 Å². The molecule has 1 atom stereocenters. The van der Waals surface area contributed by atoms with E-state index in [-0.39, 0.29) is 18.4 Å². The first kappa shape index (κ1) is 14.0. The second-order valence-electron chi connectivity index (χ2n) is 4.46. The first-order valence-electron chi connectivity index (χ1n) is 5.65. The SMILES string of the molecule is Cc1cccc(C(=O)NCC(O)C(C)C)c1Cl. The summed E-state index contributed by atoms with van der Waals surface area (Å²) in [5, 5.41) is 12.7. The Bertz CT molecular complexity index is 404. The number of rotatable bonds is 4. The Morgan fingerprint density at radius 2 is 2.12 bits per heavy atom. The van der Waals surface area contributed by atoms with E-state index in [0.717, 1.165) is 5.56 Å². The summed E-state index contributed by atoms with van der Waals surface area (Å²) in [6, 6.07) is 5.31. The quantitative estimate of drug-likeness (QED) is 0.868. The second kappa shape index (κ2) is 6.03. The van der Waals surface area contributed by atoms with Crippen molar-refractivity contribution in [1.29, 1.82) is 0 Å². The molecule has 0 aliphatic heterocycles. The summed E-state index contributed by atoms with van der Waals surface area (Å²) >= 11 is 6.04. The van der Waals surface area contributed by atoms with Crippen molar-refractivity contribution in [3.63, 3.8) is 0 Å². The Balaban J connectivity index is 2.68. The summed E-state index contributed by atoms with van der Waals surface area (Å²) in [7, 11) is 0. The maximum Gasteiger partial charge on any atom is 0.252 e. The van der Waals surface area contributed by atoms with Gasteiger partial charge in [0.2, 0.25) is 0 Å². The highest BCUT2D eigenvalue weighted by molar-refractivity contribution is 6.34. The minimum Gasteiger partial charge on any atom is -0.391 e. The molecule has 0 spiro atoms. The van der Waals surface area contributed by atoms with Crippen LogP contribution in [0, 0.1) is 12.8 Å². The average Bonchev–Trinajstić information content (AvgIpc) is 2.29. The number of aliphatic hydroxyl groups is 1. The molecular weight excluding hydrogens is 238 g/mol. The van der Waals surface area contributed by atoms with Crippen LogP contribution in [0.15, 0.2) is 18.2 Å². The molecule has 17 heavy (non-hydrogen) atoms. The smallest absolute Gasteiger partial charge is 0.252 e. The lowest BCUT2D eigenvalue weighted by molar-refractivity contribution is 0.0871. The van der Waals surface area contributed by atoms with Gasteiger partial charge < -0.3 is 10.4 Å². The molecule has 94 valence electrons. The zero-order valence-electron chi connectivity index (χ0n) is 10.3. The van der Waals surface area contributed by atoms with Gasteiger partial charge in [0.05, 0.1) is 16.7 Å². The lowest BCUT2D eigenvalue weighted by atomic mass is 10.1. The molecule has 0 saturated heterocycles. The Morgan fingerprint density at radius 1 is 1.47 bits per heavy atom. The summed E-state index contributed by atoms with van der Waals surface area (Å²) < 4.78 is 0. The first-order valence-corrected chi connectivity index (χ1v) is 6.02. The lowest BCUT2D eigenvalue weighted by Gasteiger charge is -2.15. The molecule has 3 nitrogen and oxygen atoms in total. The van der Waals surface area contributed by atoms with Crippen LogP contribution < -0.4 is 5.32 Å². The van der Waals surface area contributed by atoms with Gasteiger partial charge in [-0.05, 0) is 24.5 Å². The van der Waals surface area contributed by atoms with Crippen LogP contribution in [0.2, 0.25) is 5.02 Å². The van der Waals surface area contributed by atoms with Crippen LogP contribution in [0.5, 0.6) is 0 Å². The van der Waals surface area contributed by atoms with E-state index in [0.29, 0.717) is 10.6 Å². The van der Waals surface area contributed by atoms with Gasteiger partial charge >= 0.3 is 0 Å². The summed E-state index contributed by atoms with van der Waals surface area (Å²) in [4.78, 5) is 11.8. The first-order chi connectivity index (χ1) is 7.93. The molecule has 0 aliphatic rings. The van der Waals surface area contributed by atoms with E-state index in [1.165, 1.54) is 0 Å². The molecule has 4 heteroatoms. The van der Waals surface area contributed by atoms with Gasteiger partial charge in [0, 0.05) is 6.54 Å². The number of halogens is 1. The van der Waals surface area contributed by atoms with Crippen molar-refractivity contribution in [2.75, 3.05) is 6.54 Å². The Kier molecular flexibility index (Phi) is 4.97. The molecule has 0 bridgehead atoms. The van der Waals surface area contributed by atoms with E-state index >= 15 is 0 Å². The summed E-state index contributed by atoms with van der Waals surface area (Å²) in [5.74, 6) is -0.137. The van der Waals surface area contributed by atoms with Gasteiger partial charge in [-0.1, -0.05) is 37.6 Å². The zero-order valence-corrected chi connectivity index (χ0v) is 11.1. The molecule has 2 N–H and O–H groups in total. The summed E-state index contributed by atoms with van der Waals surface area (Å²) in [6.07, 6.45) is -0.539. The van der Waals surface area contributed by atoms with Crippen LogP contribution in [-0.4, -0.2) is 23.7 Å². The van der Waals surface area contributed by atoms with E-state index < -0.39 is 6.10 Å². The molecule has 0 radical (unpaired) electrons. The maximum atomic E-state index is 11.8. The van der Waals surface area contributed by atoms with Crippen LogP contribution in [0.1, 0.15) is 29.8 Å². The van der Waals surface area contributed by atoms with Crippen molar-refractivity contribution in [3.8, 4) is 0 Å². The number of hydrogen-bond donors (Lipinski definition) is 2. The molecule has 0 heterocycles. The number of amides is 1. The van der Waals surface area contributed by atoms with Gasteiger partial charge in [-0.3, -0.25) is 4.79 Å². The van der Waals surface area contributed by atoms with Crippen LogP contribution in [0.25, 0.3) is 0 Å². The Hall–Kier alpha value is -1.06. The number of benzene rings is 1. The molecule has 1 amide bonds. The van der Waals surface area contributed by atoms with Gasteiger partial charge in [0.25, 0.3) is 5.91 Å². The summed E-state index contributed by atoms with van der Waals surface area (Å²) in [5.41, 5.74) is 1.31. The van der Waals surface area contributed by atoms with Crippen LogP contribution in [0.4, 0.5) is 0 Å². The predicted molar refractivity (Wildman–Crippen MR) is 69.4 cm³/mol. The van der Waals surface area contributed by atoms with E-state index in [1.807, 2.05) is 26.8 Å². The molecular formula is C13H18ClNO2. The van der Waals surface area contributed by atoms with Crippen LogP contribution >= 0.6 is 11.6 Å². The molecule has 0 aliphatic carbocycles. The molecule has 1 unspecified atom stereocenters. The van der Waals surface area contributed by atoms with Crippen LogP contribution in [0.3, 0.4) is 0 Å². The fourth-order valence-corrected chi connectivity index (χ4v) is 1.56. The molecule has 0 saturated carbocycles. The number of carbonyl (C=O) groups is 1. The highest BCUT2D eigenvalue weighted by Crippen LogP contribution is 2.19. The fraction of sp³-hybridized carbons (Fsp3) is 0.462. The van der Waals surface area contributed by atoms with Gasteiger partial charge in [-0.15, -0.1) is 0 Å². The van der Waals surface area contributed by atoms with Crippen molar-refractivity contribution in [2.45, 2.75) is 26.9 Å². The van der Waals surface area contributed by atoms with Crippen molar-refractivity contribution in [2.24, 2.45) is 5.92 Å². The third-order valence-corrected chi connectivity index (χ3v) is 3.18. The van der Waals surface area contributed by atoms with Gasteiger partial charge in [0.1, 0.15) is 0 Å². The lowest BCUT2D eigenvalue weighted by Crippen LogP contribution is -2.34. The molecule has 1 aromatic carbocycles. The number of nitrogens with one attached hydrogen (secondary N) is 1. The Morgan fingerprint density at radius 3 is 2.71 bits per heavy atom. The minimum atomic E-state index is -0.539. The third kappa shape index (κ3) is 3.72. The van der Waals surface area contributed by atoms with Crippen molar-refractivity contribution >= 4 is 17.5 Å².